The minimum absolute atomic E-state index is 0.0894. The van der Waals surface area contributed by atoms with Crippen LogP contribution in [0.1, 0.15) is 55.7 Å². The fourth-order valence-corrected chi connectivity index (χ4v) is 4.30. The van der Waals surface area contributed by atoms with Crippen LogP contribution < -0.4 is 10.1 Å². The van der Waals surface area contributed by atoms with Gasteiger partial charge in [-0.3, -0.25) is 9.59 Å². The molecule has 1 aliphatic rings. The van der Waals surface area contributed by atoms with Crippen molar-refractivity contribution in [1.82, 2.24) is 10.2 Å². The van der Waals surface area contributed by atoms with Gasteiger partial charge in [-0.1, -0.05) is 55.6 Å². The minimum atomic E-state index is -0.555. The molecule has 2 amide bonds. The number of amides is 2. The summed E-state index contributed by atoms with van der Waals surface area (Å²) in [5.74, 6) is 0.385. The van der Waals surface area contributed by atoms with Gasteiger partial charge in [0.15, 0.2) is 6.61 Å². The Morgan fingerprint density at radius 1 is 1.12 bits per heavy atom. The van der Waals surface area contributed by atoms with Crippen molar-refractivity contribution in [3.05, 3.63) is 64.2 Å². The summed E-state index contributed by atoms with van der Waals surface area (Å²) in [6, 6.07) is 12.8. The number of carbonyl (C=O) groups is 2. The molecule has 0 radical (unpaired) electrons. The van der Waals surface area contributed by atoms with E-state index < -0.39 is 6.04 Å². The summed E-state index contributed by atoms with van der Waals surface area (Å²) in [4.78, 5) is 28.1. The second kappa shape index (κ2) is 11.4. The number of rotatable bonds is 9. The van der Waals surface area contributed by atoms with Crippen molar-refractivity contribution in [2.45, 2.75) is 71.5 Å². The summed E-state index contributed by atoms with van der Waals surface area (Å²) in [6.07, 6.45) is 4.81. The van der Waals surface area contributed by atoms with Gasteiger partial charge in [0.05, 0.1) is 0 Å². The molecule has 2 aromatic carbocycles. The maximum Gasteiger partial charge on any atom is 0.261 e. The molecular weight excluding hydrogens is 424 g/mol. The van der Waals surface area contributed by atoms with E-state index >= 15 is 0 Å². The molecule has 0 bridgehead atoms. The third-order valence-corrected chi connectivity index (χ3v) is 6.51. The summed E-state index contributed by atoms with van der Waals surface area (Å²) in [5.41, 5.74) is 3.03. The van der Waals surface area contributed by atoms with E-state index in [4.69, 9.17) is 16.3 Å². The van der Waals surface area contributed by atoms with E-state index in [2.05, 4.69) is 5.32 Å². The Labute approximate surface area is 196 Å². The number of hydrogen-bond acceptors (Lipinski definition) is 3. The van der Waals surface area contributed by atoms with Crippen molar-refractivity contribution in [1.29, 1.82) is 0 Å². The van der Waals surface area contributed by atoms with E-state index in [1.165, 1.54) is 0 Å². The van der Waals surface area contributed by atoms with Crippen LogP contribution in [0.15, 0.2) is 42.5 Å². The summed E-state index contributed by atoms with van der Waals surface area (Å²) >= 11 is 6.03. The van der Waals surface area contributed by atoms with Gasteiger partial charge in [0.2, 0.25) is 5.91 Å². The number of nitrogens with zero attached hydrogens (tertiary/aromatic N) is 1. The van der Waals surface area contributed by atoms with Gasteiger partial charge in [0.25, 0.3) is 5.91 Å². The summed E-state index contributed by atoms with van der Waals surface area (Å²) < 4.78 is 5.88. The van der Waals surface area contributed by atoms with Crippen molar-refractivity contribution in [2.24, 2.45) is 0 Å². The van der Waals surface area contributed by atoms with Crippen LogP contribution >= 0.6 is 11.6 Å². The second-order valence-corrected chi connectivity index (χ2v) is 8.99. The molecule has 0 heterocycles. The highest BCUT2D eigenvalue weighted by molar-refractivity contribution is 6.30. The van der Waals surface area contributed by atoms with Gasteiger partial charge in [-0.05, 0) is 68.0 Å². The Balaban J connectivity index is 1.77. The molecule has 1 N–H and O–H groups in total. The zero-order valence-corrected chi connectivity index (χ0v) is 20.0. The fraction of sp³-hybridized carbons (Fsp3) is 0.462. The van der Waals surface area contributed by atoms with Crippen LogP contribution in [0.4, 0.5) is 0 Å². The third-order valence-electron chi connectivity index (χ3n) is 6.26. The molecule has 1 atom stereocenters. The molecule has 2 aromatic rings. The first-order valence-corrected chi connectivity index (χ1v) is 11.8. The number of carbonyl (C=O) groups excluding carboxylic acids is 2. The molecule has 0 spiro atoms. The van der Waals surface area contributed by atoms with Crippen molar-refractivity contribution in [3.63, 3.8) is 0 Å². The van der Waals surface area contributed by atoms with Crippen LogP contribution in [0.25, 0.3) is 0 Å². The topological polar surface area (TPSA) is 58.6 Å². The number of halogens is 1. The first-order valence-electron chi connectivity index (χ1n) is 11.4. The zero-order chi connectivity index (χ0) is 23.1. The summed E-state index contributed by atoms with van der Waals surface area (Å²) in [7, 11) is 0. The average Bonchev–Trinajstić information content (AvgIpc) is 3.28. The van der Waals surface area contributed by atoms with Crippen molar-refractivity contribution >= 4 is 23.4 Å². The van der Waals surface area contributed by atoms with E-state index in [-0.39, 0.29) is 24.5 Å². The minimum Gasteiger partial charge on any atom is -0.483 e. The maximum absolute atomic E-state index is 13.3. The predicted molar refractivity (Wildman–Crippen MR) is 128 cm³/mol. The molecule has 5 nitrogen and oxygen atoms in total. The lowest BCUT2D eigenvalue weighted by atomic mass is 10.1. The smallest absolute Gasteiger partial charge is 0.261 e. The van der Waals surface area contributed by atoms with Gasteiger partial charge in [0, 0.05) is 17.6 Å². The third kappa shape index (κ3) is 6.26. The molecule has 1 saturated carbocycles. The van der Waals surface area contributed by atoms with Gasteiger partial charge in [-0.25, -0.2) is 0 Å². The van der Waals surface area contributed by atoms with Gasteiger partial charge in [-0.2, -0.15) is 0 Å². The lowest BCUT2D eigenvalue weighted by Gasteiger charge is -2.31. The molecule has 0 aromatic heterocycles. The SMILES string of the molecule is CC[C@H](C(=O)NC1CCCC1)N(Cc1ccc(Cl)cc1)C(=O)COc1cccc(C)c1C. The van der Waals surface area contributed by atoms with Crippen molar-refractivity contribution in [3.8, 4) is 5.75 Å². The van der Waals surface area contributed by atoms with E-state index in [1.54, 1.807) is 17.0 Å². The standard InChI is InChI=1S/C26H33ClN2O3/c1-4-23(26(31)28-22-9-5-6-10-22)29(16-20-12-14-21(27)15-13-20)25(30)17-32-24-11-7-8-18(2)19(24)3/h7-8,11-15,22-23H,4-6,9-10,16-17H2,1-3H3,(H,28,31)/t23-/m1/s1. The summed E-state index contributed by atoms with van der Waals surface area (Å²) in [6.45, 7) is 6.13. The van der Waals surface area contributed by atoms with Crippen LogP contribution in [0.5, 0.6) is 5.75 Å². The normalized spacial score (nSPS) is 14.8. The van der Waals surface area contributed by atoms with Crippen LogP contribution in [0.3, 0.4) is 0 Å². The molecule has 6 heteroatoms. The van der Waals surface area contributed by atoms with E-state index in [0.29, 0.717) is 23.7 Å². The zero-order valence-electron chi connectivity index (χ0n) is 19.2. The highest BCUT2D eigenvalue weighted by Crippen LogP contribution is 2.22. The van der Waals surface area contributed by atoms with Crippen molar-refractivity contribution < 1.29 is 14.3 Å². The Kier molecular flexibility index (Phi) is 8.57. The van der Waals surface area contributed by atoms with Crippen LogP contribution in [0.2, 0.25) is 5.02 Å². The number of nitrogens with one attached hydrogen (secondary N) is 1. The van der Waals surface area contributed by atoms with Crippen LogP contribution in [-0.4, -0.2) is 35.4 Å². The largest absolute Gasteiger partial charge is 0.483 e. The van der Waals surface area contributed by atoms with E-state index in [0.717, 1.165) is 42.4 Å². The fourth-order valence-electron chi connectivity index (χ4n) is 4.18. The monoisotopic (exact) mass is 456 g/mol. The number of benzene rings is 2. The Bertz CT molecular complexity index is 923. The Hall–Kier alpha value is -2.53. The number of hydrogen-bond donors (Lipinski definition) is 1. The van der Waals surface area contributed by atoms with Crippen LogP contribution in [0, 0.1) is 13.8 Å². The first-order chi connectivity index (χ1) is 15.4. The molecule has 172 valence electrons. The highest BCUT2D eigenvalue weighted by atomic mass is 35.5. The molecule has 3 rings (SSSR count). The molecule has 1 fully saturated rings. The van der Waals surface area contributed by atoms with Gasteiger partial charge in [-0.15, -0.1) is 0 Å². The molecular formula is C26H33ClN2O3. The maximum atomic E-state index is 13.3. The highest BCUT2D eigenvalue weighted by Gasteiger charge is 2.31. The van der Waals surface area contributed by atoms with E-state index in [1.807, 2.05) is 51.1 Å². The lowest BCUT2D eigenvalue weighted by Crippen LogP contribution is -2.52. The molecule has 0 saturated heterocycles. The van der Waals surface area contributed by atoms with Gasteiger partial charge in [0.1, 0.15) is 11.8 Å². The quantitative estimate of drug-likeness (QED) is 0.564. The molecule has 32 heavy (non-hydrogen) atoms. The number of aryl methyl sites for hydroxylation is 1. The molecule has 0 aliphatic heterocycles. The molecule has 1 aliphatic carbocycles. The van der Waals surface area contributed by atoms with Gasteiger partial charge >= 0.3 is 0 Å². The second-order valence-electron chi connectivity index (χ2n) is 8.55. The predicted octanol–water partition coefficient (Wildman–Crippen LogP) is 5.20. The number of ether oxygens (including phenoxy) is 1. The molecule has 0 unspecified atom stereocenters. The Morgan fingerprint density at radius 2 is 1.81 bits per heavy atom. The lowest BCUT2D eigenvalue weighted by molar-refractivity contribution is -0.143. The van der Waals surface area contributed by atoms with E-state index in [9.17, 15) is 9.59 Å². The van der Waals surface area contributed by atoms with Gasteiger partial charge < -0.3 is 15.0 Å². The van der Waals surface area contributed by atoms with Crippen LogP contribution in [-0.2, 0) is 16.1 Å². The first kappa shape index (κ1) is 24.1. The van der Waals surface area contributed by atoms with Crippen molar-refractivity contribution in [2.75, 3.05) is 6.61 Å². The average molecular weight is 457 g/mol. The Morgan fingerprint density at radius 3 is 2.47 bits per heavy atom. The summed E-state index contributed by atoms with van der Waals surface area (Å²) in [5, 5.41) is 3.79.